The summed E-state index contributed by atoms with van der Waals surface area (Å²) in [5.41, 5.74) is 1.11. The number of piperazine rings is 1. The third-order valence-electron chi connectivity index (χ3n) is 6.15. The summed E-state index contributed by atoms with van der Waals surface area (Å²) >= 11 is 6.13. The van der Waals surface area contributed by atoms with E-state index < -0.39 is 0 Å². The first kappa shape index (κ1) is 20.7. The number of hydrogen-bond donors (Lipinski definition) is 0. The number of hydrogen-bond acceptors (Lipinski definition) is 7. The highest BCUT2D eigenvalue weighted by molar-refractivity contribution is 6.30. The molecule has 0 aliphatic carbocycles. The predicted molar refractivity (Wildman–Crippen MR) is 122 cm³/mol. The Balaban J connectivity index is 1.21. The Labute approximate surface area is 191 Å². The third kappa shape index (κ3) is 4.38. The first-order chi connectivity index (χ1) is 15.7. The SMILES string of the molecule is O=C(C1CCCN(c2cc(-n3cncn3)ncn2)C1)N1CCN(c2cccc(Cl)c2)CC1. The zero-order valence-electron chi connectivity index (χ0n) is 17.7. The molecule has 0 N–H and O–H groups in total. The Morgan fingerprint density at radius 2 is 1.81 bits per heavy atom. The molecule has 4 heterocycles. The molecule has 32 heavy (non-hydrogen) atoms. The average Bonchev–Trinajstić information content (AvgIpc) is 3.39. The van der Waals surface area contributed by atoms with Gasteiger partial charge in [0.2, 0.25) is 5.91 Å². The van der Waals surface area contributed by atoms with Gasteiger partial charge in [-0.15, -0.1) is 0 Å². The van der Waals surface area contributed by atoms with Gasteiger partial charge >= 0.3 is 0 Å². The summed E-state index contributed by atoms with van der Waals surface area (Å²) in [4.78, 5) is 32.5. The van der Waals surface area contributed by atoms with E-state index in [1.54, 1.807) is 11.0 Å². The van der Waals surface area contributed by atoms with E-state index in [0.717, 1.165) is 62.1 Å². The number of aromatic nitrogens is 5. The highest BCUT2D eigenvalue weighted by Crippen LogP contribution is 2.25. The number of amides is 1. The molecule has 1 atom stereocenters. The molecule has 10 heteroatoms. The van der Waals surface area contributed by atoms with Crippen LogP contribution in [0.5, 0.6) is 0 Å². The number of nitrogens with zero attached hydrogens (tertiary/aromatic N) is 8. The highest BCUT2D eigenvalue weighted by Gasteiger charge is 2.31. The number of carbonyl (C=O) groups excluding carboxylic acids is 1. The molecular weight excluding hydrogens is 428 g/mol. The van der Waals surface area contributed by atoms with E-state index >= 15 is 0 Å². The molecule has 2 aliphatic rings. The fraction of sp³-hybridized carbons (Fsp3) is 0.409. The molecule has 1 unspecified atom stereocenters. The van der Waals surface area contributed by atoms with Crippen LogP contribution in [0.25, 0.3) is 5.82 Å². The molecular formula is C22H25ClN8O. The van der Waals surface area contributed by atoms with E-state index in [2.05, 4.69) is 35.9 Å². The Bertz CT molecular complexity index is 1070. The van der Waals surface area contributed by atoms with Gasteiger partial charge in [0.25, 0.3) is 0 Å². The Morgan fingerprint density at radius 1 is 0.969 bits per heavy atom. The summed E-state index contributed by atoms with van der Waals surface area (Å²) in [6.45, 7) is 4.63. The van der Waals surface area contributed by atoms with E-state index in [4.69, 9.17) is 11.6 Å². The van der Waals surface area contributed by atoms with Gasteiger partial charge in [0.15, 0.2) is 5.82 Å². The second-order valence-corrected chi connectivity index (χ2v) is 8.59. The lowest BCUT2D eigenvalue weighted by atomic mass is 9.96. The lowest BCUT2D eigenvalue weighted by Gasteiger charge is -2.40. The van der Waals surface area contributed by atoms with Crippen LogP contribution in [0, 0.1) is 5.92 Å². The molecule has 1 aromatic carbocycles. The van der Waals surface area contributed by atoms with Gasteiger partial charge in [0, 0.05) is 56.0 Å². The van der Waals surface area contributed by atoms with Gasteiger partial charge in [-0.05, 0) is 31.0 Å². The van der Waals surface area contributed by atoms with Crippen molar-refractivity contribution in [3.8, 4) is 5.82 Å². The Kier molecular flexibility index (Phi) is 5.89. The largest absolute Gasteiger partial charge is 0.368 e. The molecule has 2 aliphatic heterocycles. The predicted octanol–water partition coefficient (Wildman–Crippen LogP) is 2.28. The number of rotatable bonds is 4. The summed E-state index contributed by atoms with van der Waals surface area (Å²) in [6, 6.07) is 9.79. The maximum Gasteiger partial charge on any atom is 0.227 e. The van der Waals surface area contributed by atoms with Crippen LogP contribution in [0.15, 0.2) is 49.3 Å². The van der Waals surface area contributed by atoms with Gasteiger partial charge in [0.1, 0.15) is 24.8 Å². The zero-order chi connectivity index (χ0) is 21.9. The van der Waals surface area contributed by atoms with Crippen molar-refractivity contribution in [1.82, 2.24) is 29.6 Å². The van der Waals surface area contributed by atoms with Gasteiger partial charge in [-0.2, -0.15) is 5.10 Å². The van der Waals surface area contributed by atoms with E-state index in [1.807, 2.05) is 29.2 Å². The summed E-state index contributed by atoms with van der Waals surface area (Å²) < 4.78 is 1.61. The van der Waals surface area contributed by atoms with Crippen LogP contribution in [-0.2, 0) is 4.79 Å². The summed E-state index contributed by atoms with van der Waals surface area (Å²) in [5, 5.41) is 4.87. The van der Waals surface area contributed by atoms with Crippen molar-refractivity contribution in [2.24, 2.45) is 5.92 Å². The van der Waals surface area contributed by atoms with Gasteiger partial charge in [-0.1, -0.05) is 17.7 Å². The highest BCUT2D eigenvalue weighted by atomic mass is 35.5. The number of carbonyl (C=O) groups is 1. The van der Waals surface area contributed by atoms with Crippen LogP contribution in [0.4, 0.5) is 11.5 Å². The summed E-state index contributed by atoms with van der Waals surface area (Å²) in [6.07, 6.45) is 6.49. The minimum atomic E-state index is -0.0220. The zero-order valence-corrected chi connectivity index (χ0v) is 18.5. The molecule has 9 nitrogen and oxygen atoms in total. The molecule has 0 saturated carbocycles. The molecule has 166 valence electrons. The maximum absolute atomic E-state index is 13.3. The molecule has 2 aromatic heterocycles. The first-order valence-corrected chi connectivity index (χ1v) is 11.3. The summed E-state index contributed by atoms with van der Waals surface area (Å²) in [7, 11) is 0. The second-order valence-electron chi connectivity index (χ2n) is 8.15. The smallest absolute Gasteiger partial charge is 0.227 e. The number of anilines is 2. The van der Waals surface area contributed by atoms with Crippen LogP contribution in [0.2, 0.25) is 5.02 Å². The van der Waals surface area contributed by atoms with E-state index in [1.165, 1.54) is 12.7 Å². The van der Waals surface area contributed by atoms with E-state index in [-0.39, 0.29) is 11.8 Å². The lowest BCUT2D eigenvalue weighted by Crippen LogP contribution is -2.52. The molecule has 2 fully saturated rings. The van der Waals surface area contributed by atoms with Crippen molar-refractivity contribution >= 4 is 29.0 Å². The molecule has 0 radical (unpaired) electrons. The molecule has 0 bridgehead atoms. The fourth-order valence-corrected chi connectivity index (χ4v) is 4.65. The minimum absolute atomic E-state index is 0.0220. The van der Waals surface area contributed by atoms with E-state index in [0.29, 0.717) is 12.4 Å². The first-order valence-electron chi connectivity index (χ1n) is 10.9. The van der Waals surface area contributed by atoms with E-state index in [9.17, 15) is 4.79 Å². The standard InChI is InChI=1S/C22H25ClN8O/c23-18-4-1-5-19(11-18)28-7-9-29(10-8-28)22(32)17-3-2-6-30(13-17)20-12-21(26-15-25-20)31-16-24-14-27-31/h1,4-5,11-12,14-17H,2-3,6-10,13H2. The molecule has 3 aromatic rings. The minimum Gasteiger partial charge on any atom is -0.368 e. The second kappa shape index (κ2) is 9.12. The number of piperidine rings is 1. The Hall–Kier alpha value is -3.20. The van der Waals surface area contributed by atoms with Crippen LogP contribution in [0.3, 0.4) is 0 Å². The molecule has 2 saturated heterocycles. The monoisotopic (exact) mass is 452 g/mol. The third-order valence-corrected chi connectivity index (χ3v) is 6.39. The topological polar surface area (TPSA) is 83.3 Å². The quantitative estimate of drug-likeness (QED) is 0.600. The molecule has 0 spiro atoms. The average molecular weight is 453 g/mol. The summed E-state index contributed by atoms with van der Waals surface area (Å²) in [5.74, 6) is 1.70. The van der Waals surface area contributed by atoms with Crippen LogP contribution >= 0.6 is 11.6 Å². The van der Waals surface area contributed by atoms with Crippen molar-refractivity contribution in [2.45, 2.75) is 12.8 Å². The van der Waals surface area contributed by atoms with Crippen LogP contribution < -0.4 is 9.80 Å². The van der Waals surface area contributed by atoms with Crippen LogP contribution in [-0.4, -0.2) is 74.8 Å². The normalized spacial score (nSPS) is 19.3. The van der Waals surface area contributed by atoms with Gasteiger partial charge in [-0.3, -0.25) is 4.79 Å². The Morgan fingerprint density at radius 3 is 2.59 bits per heavy atom. The van der Waals surface area contributed by atoms with Gasteiger partial charge in [-0.25, -0.2) is 19.6 Å². The van der Waals surface area contributed by atoms with Crippen molar-refractivity contribution in [3.05, 3.63) is 54.3 Å². The van der Waals surface area contributed by atoms with Crippen molar-refractivity contribution < 1.29 is 4.79 Å². The van der Waals surface area contributed by atoms with Gasteiger partial charge in [0.05, 0.1) is 5.92 Å². The van der Waals surface area contributed by atoms with Gasteiger partial charge < -0.3 is 14.7 Å². The fourth-order valence-electron chi connectivity index (χ4n) is 4.46. The number of benzene rings is 1. The van der Waals surface area contributed by atoms with Crippen LogP contribution in [0.1, 0.15) is 12.8 Å². The lowest BCUT2D eigenvalue weighted by molar-refractivity contribution is -0.136. The maximum atomic E-state index is 13.3. The molecule has 1 amide bonds. The number of halogens is 1. The van der Waals surface area contributed by atoms with Crippen molar-refractivity contribution in [1.29, 1.82) is 0 Å². The van der Waals surface area contributed by atoms with Crippen molar-refractivity contribution in [3.63, 3.8) is 0 Å². The van der Waals surface area contributed by atoms with Crippen molar-refractivity contribution in [2.75, 3.05) is 49.1 Å². The molecule has 5 rings (SSSR count).